The molecule has 1 aliphatic heterocycles. The van der Waals surface area contributed by atoms with E-state index >= 15 is 0 Å². The standard InChI is InChI=1S/C21H23F3N4O2.HI/c1-25-20(26-11-10-14-6-8-16(9-7-14)30-21(22,23)24)27-13-15-12-19(29)28-18-5-3-2-4-17(15)18;/h2-9,15H,10-13H2,1H3,(H,28,29)(H2,25,26,27);1H. The average molecular weight is 548 g/mol. The van der Waals surface area contributed by atoms with Crippen LogP contribution in [0.1, 0.15) is 23.5 Å². The van der Waals surface area contributed by atoms with Crippen LogP contribution in [0.5, 0.6) is 5.75 Å². The molecule has 0 saturated carbocycles. The molecule has 0 spiro atoms. The number of alkyl halides is 3. The minimum atomic E-state index is -4.69. The highest BCUT2D eigenvalue weighted by Gasteiger charge is 2.31. The number of carbonyl (C=O) groups is 1. The molecular weight excluding hydrogens is 524 g/mol. The zero-order valence-corrected chi connectivity index (χ0v) is 19.2. The number of amides is 1. The second kappa shape index (κ2) is 11.2. The molecule has 31 heavy (non-hydrogen) atoms. The Morgan fingerprint density at radius 3 is 2.55 bits per heavy atom. The minimum absolute atomic E-state index is 0. The minimum Gasteiger partial charge on any atom is -0.406 e. The highest BCUT2D eigenvalue weighted by molar-refractivity contribution is 14.0. The van der Waals surface area contributed by atoms with E-state index in [4.69, 9.17) is 0 Å². The van der Waals surface area contributed by atoms with Gasteiger partial charge in [-0.15, -0.1) is 37.1 Å². The molecule has 0 bridgehead atoms. The number of benzene rings is 2. The van der Waals surface area contributed by atoms with Gasteiger partial charge in [0.1, 0.15) is 5.75 Å². The van der Waals surface area contributed by atoms with E-state index in [0.29, 0.717) is 31.9 Å². The molecular formula is C21H24F3IN4O2. The Kier molecular flexibility index (Phi) is 8.96. The molecule has 1 amide bonds. The highest BCUT2D eigenvalue weighted by Crippen LogP contribution is 2.31. The monoisotopic (exact) mass is 548 g/mol. The van der Waals surface area contributed by atoms with Crippen LogP contribution in [0.25, 0.3) is 0 Å². The van der Waals surface area contributed by atoms with Gasteiger partial charge in [-0.1, -0.05) is 30.3 Å². The van der Waals surface area contributed by atoms with E-state index < -0.39 is 6.36 Å². The molecule has 1 aliphatic rings. The fraction of sp³-hybridized carbons (Fsp3) is 0.333. The summed E-state index contributed by atoms with van der Waals surface area (Å²) in [5.74, 6) is 0.375. The molecule has 6 nitrogen and oxygen atoms in total. The fourth-order valence-corrected chi connectivity index (χ4v) is 3.31. The van der Waals surface area contributed by atoms with Crippen LogP contribution < -0.4 is 20.7 Å². The normalized spacial score (nSPS) is 15.9. The van der Waals surface area contributed by atoms with Gasteiger partial charge < -0.3 is 20.7 Å². The van der Waals surface area contributed by atoms with Crippen LogP contribution in [-0.4, -0.2) is 38.4 Å². The summed E-state index contributed by atoms with van der Waals surface area (Å²) in [6.45, 7) is 1.09. The van der Waals surface area contributed by atoms with Crippen LogP contribution in [0, 0.1) is 0 Å². The molecule has 1 heterocycles. The quantitative estimate of drug-likeness (QED) is 0.290. The summed E-state index contributed by atoms with van der Waals surface area (Å²) >= 11 is 0. The fourth-order valence-electron chi connectivity index (χ4n) is 3.31. The van der Waals surface area contributed by atoms with Gasteiger partial charge in [0, 0.05) is 38.2 Å². The van der Waals surface area contributed by atoms with Crippen LogP contribution in [0.2, 0.25) is 0 Å². The van der Waals surface area contributed by atoms with E-state index in [9.17, 15) is 18.0 Å². The van der Waals surface area contributed by atoms with Crippen molar-refractivity contribution in [3.8, 4) is 5.75 Å². The lowest BCUT2D eigenvalue weighted by Gasteiger charge is -2.26. The maximum Gasteiger partial charge on any atom is 0.573 e. The highest BCUT2D eigenvalue weighted by atomic mass is 127. The number of aliphatic imine (C=N–C) groups is 1. The van der Waals surface area contributed by atoms with E-state index in [1.54, 1.807) is 19.2 Å². The third kappa shape index (κ3) is 7.60. The molecule has 2 aromatic rings. The zero-order chi connectivity index (χ0) is 21.6. The summed E-state index contributed by atoms with van der Waals surface area (Å²) in [6.07, 6.45) is -3.70. The van der Waals surface area contributed by atoms with Crippen molar-refractivity contribution >= 4 is 41.5 Å². The van der Waals surface area contributed by atoms with Gasteiger partial charge in [0.05, 0.1) is 0 Å². The number of hydrogen-bond donors (Lipinski definition) is 3. The third-order valence-electron chi connectivity index (χ3n) is 4.71. The van der Waals surface area contributed by atoms with Crippen LogP contribution in [0.3, 0.4) is 0 Å². The maximum absolute atomic E-state index is 12.2. The predicted molar refractivity (Wildman–Crippen MR) is 124 cm³/mol. The third-order valence-corrected chi connectivity index (χ3v) is 4.71. The van der Waals surface area contributed by atoms with E-state index in [-0.39, 0.29) is 41.6 Å². The Morgan fingerprint density at radius 1 is 1.16 bits per heavy atom. The van der Waals surface area contributed by atoms with Gasteiger partial charge in [-0.2, -0.15) is 0 Å². The Labute approximate surface area is 195 Å². The van der Waals surface area contributed by atoms with Crippen molar-refractivity contribution in [2.24, 2.45) is 4.99 Å². The number of nitrogens with zero attached hydrogens (tertiary/aromatic N) is 1. The van der Waals surface area contributed by atoms with Crippen molar-refractivity contribution in [3.05, 3.63) is 59.7 Å². The molecule has 0 saturated heterocycles. The van der Waals surface area contributed by atoms with Gasteiger partial charge >= 0.3 is 6.36 Å². The lowest BCUT2D eigenvalue weighted by molar-refractivity contribution is -0.274. The number of rotatable bonds is 6. The van der Waals surface area contributed by atoms with Crippen LogP contribution in [-0.2, 0) is 11.2 Å². The van der Waals surface area contributed by atoms with Crippen molar-refractivity contribution in [1.29, 1.82) is 0 Å². The number of para-hydroxylation sites is 1. The van der Waals surface area contributed by atoms with E-state index in [2.05, 4.69) is 25.7 Å². The van der Waals surface area contributed by atoms with Crippen LogP contribution in [0.15, 0.2) is 53.5 Å². The van der Waals surface area contributed by atoms with E-state index in [1.807, 2.05) is 24.3 Å². The van der Waals surface area contributed by atoms with Crippen molar-refractivity contribution in [1.82, 2.24) is 10.6 Å². The summed E-state index contributed by atoms with van der Waals surface area (Å²) in [7, 11) is 1.65. The van der Waals surface area contributed by atoms with Gasteiger partial charge in [-0.25, -0.2) is 0 Å². The summed E-state index contributed by atoms with van der Waals surface area (Å²) in [4.78, 5) is 16.1. The van der Waals surface area contributed by atoms with Gasteiger partial charge in [-0.3, -0.25) is 9.79 Å². The first-order valence-corrected chi connectivity index (χ1v) is 9.52. The van der Waals surface area contributed by atoms with Gasteiger partial charge in [0.25, 0.3) is 0 Å². The maximum atomic E-state index is 12.2. The lowest BCUT2D eigenvalue weighted by atomic mass is 9.90. The number of hydrogen-bond acceptors (Lipinski definition) is 3. The lowest BCUT2D eigenvalue weighted by Crippen LogP contribution is -2.41. The molecule has 1 unspecified atom stereocenters. The van der Waals surface area contributed by atoms with Crippen molar-refractivity contribution in [3.63, 3.8) is 0 Å². The van der Waals surface area contributed by atoms with Crippen LogP contribution >= 0.6 is 24.0 Å². The SMILES string of the molecule is CN=C(NCCc1ccc(OC(F)(F)F)cc1)NCC1CC(=O)Nc2ccccc21.I. The molecule has 0 aliphatic carbocycles. The molecule has 1 atom stereocenters. The Morgan fingerprint density at radius 2 is 1.87 bits per heavy atom. The van der Waals surface area contributed by atoms with Crippen LogP contribution in [0.4, 0.5) is 18.9 Å². The first-order valence-electron chi connectivity index (χ1n) is 9.52. The van der Waals surface area contributed by atoms with Crippen molar-refractivity contribution in [2.75, 3.05) is 25.5 Å². The predicted octanol–water partition coefficient (Wildman–Crippen LogP) is 4.04. The first-order chi connectivity index (χ1) is 14.3. The number of ether oxygens (including phenoxy) is 1. The largest absolute Gasteiger partial charge is 0.573 e. The van der Waals surface area contributed by atoms with Gasteiger partial charge in [-0.05, 0) is 35.7 Å². The van der Waals surface area contributed by atoms with Crippen molar-refractivity contribution in [2.45, 2.75) is 25.1 Å². The second-order valence-electron chi connectivity index (χ2n) is 6.86. The summed E-state index contributed by atoms with van der Waals surface area (Å²) in [5, 5.41) is 9.28. The van der Waals surface area contributed by atoms with Gasteiger partial charge in [0.2, 0.25) is 5.91 Å². The van der Waals surface area contributed by atoms with E-state index in [1.165, 1.54) is 12.1 Å². The topological polar surface area (TPSA) is 74.8 Å². The average Bonchev–Trinajstić information content (AvgIpc) is 2.70. The summed E-state index contributed by atoms with van der Waals surface area (Å²) in [5.41, 5.74) is 2.79. The Bertz CT molecular complexity index is 904. The number of carbonyl (C=O) groups excluding carboxylic acids is 1. The number of guanidine groups is 1. The molecule has 3 N–H and O–H groups in total. The first kappa shape index (κ1) is 24.8. The number of anilines is 1. The van der Waals surface area contributed by atoms with Crippen molar-refractivity contribution < 1.29 is 22.7 Å². The molecule has 0 fully saturated rings. The Hall–Kier alpha value is -2.50. The summed E-state index contributed by atoms with van der Waals surface area (Å²) < 4.78 is 40.5. The molecule has 10 heteroatoms. The number of nitrogens with one attached hydrogen (secondary N) is 3. The zero-order valence-electron chi connectivity index (χ0n) is 16.8. The van der Waals surface area contributed by atoms with E-state index in [0.717, 1.165) is 16.8 Å². The molecule has 3 rings (SSSR count). The molecule has 0 aromatic heterocycles. The molecule has 168 valence electrons. The number of halogens is 4. The smallest absolute Gasteiger partial charge is 0.406 e. The summed E-state index contributed by atoms with van der Waals surface area (Å²) in [6, 6.07) is 13.5. The van der Waals surface area contributed by atoms with Gasteiger partial charge in [0.15, 0.2) is 5.96 Å². The Balaban J connectivity index is 0.00000341. The molecule has 0 radical (unpaired) electrons. The number of fused-ring (bicyclic) bond motifs is 1. The molecule has 2 aromatic carbocycles. The second-order valence-corrected chi connectivity index (χ2v) is 6.86.